The minimum absolute atomic E-state index is 0.232. The summed E-state index contributed by atoms with van der Waals surface area (Å²) in [7, 11) is 0. The van der Waals surface area contributed by atoms with Crippen LogP contribution in [0.4, 0.5) is 13.2 Å². The predicted molar refractivity (Wildman–Crippen MR) is 70.5 cm³/mol. The minimum atomic E-state index is -4.63. The third-order valence-electron chi connectivity index (χ3n) is 3.63. The first-order valence-electron chi connectivity index (χ1n) is 6.99. The maximum atomic E-state index is 13.1. The van der Waals surface area contributed by atoms with Crippen LogP contribution in [0.15, 0.2) is 18.2 Å². The zero-order chi connectivity index (χ0) is 15.5. The van der Waals surface area contributed by atoms with E-state index in [-0.39, 0.29) is 11.9 Å². The molecular weight excluding hydrogens is 285 g/mol. The molecule has 1 aliphatic carbocycles. The van der Waals surface area contributed by atoms with Gasteiger partial charge in [0, 0.05) is 0 Å². The second-order valence-corrected chi connectivity index (χ2v) is 5.25. The fourth-order valence-electron chi connectivity index (χ4n) is 2.53. The summed E-state index contributed by atoms with van der Waals surface area (Å²) in [6, 6.07) is 2.88. The lowest BCUT2D eigenvalue weighted by atomic mass is 10.1. The van der Waals surface area contributed by atoms with E-state index in [4.69, 9.17) is 9.84 Å². The standard InChI is InChI=1S/C15H17F3O3/c16-15(17,18)12-9-10(14(19)20)7-8-13(12)21-11-5-3-1-2-4-6-11/h7-9,11H,1-6H2,(H,19,20). The molecule has 0 atom stereocenters. The van der Waals surface area contributed by atoms with Crippen molar-refractivity contribution in [3.05, 3.63) is 29.3 Å². The molecule has 1 saturated carbocycles. The summed E-state index contributed by atoms with van der Waals surface area (Å²) in [6.07, 6.45) is 0.637. The highest BCUT2D eigenvalue weighted by Crippen LogP contribution is 2.38. The van der Waals surface area contributed by atoms with Crippen molar-refractivity contribution in [3.63, 3.8) is 0 Å². The van der Waals surface area contributed by atoms with Crippen LogP contribution in [-0.2, 0) is 6.18 Å². The number of halogens is 3. The van der Waals surface area contributed by atoms with E-state index in [1.165, 1.54) is 0 Å². The molecule has 0 heterocycles. The molecule has 3 nitrogen and oxygen atoms in total. The average molecular weight is 302 g/mol. The number of carbonyl (C=O) groups is 1. The van der Waals surface area contributed by atoms with Crippen LogP contribution in [0.2, 0.25) is 0 Å². The Morgan fingerprint density at radius 2 is 1.76 bits per heavy atom. The Balaban J connectivity index is 2.27. The van der Waals surface area contributed by atoms with Gasteiger partial charge < -0.3 is 9.84 Å². The lowest BCUT2D eigenvalue weighted by Gasteiger charge is -2.20. The maximum Gasteiger partial charge on any atom is 0.419 e. The Kier molecular flexibility index (Phi) is 4.75. The Bertz CT molecular complexity index is 503. The number of hydrogen-bond acceptors (Lipinski definition) is 2. The summed E-state index contributed by atoms with van der Waals surface area (Å²) in [5, 5.41) is 8.82. The van der Waals surface area contributed by atoms with Crippen molar-refractivity contribution in [2.24, 2.45) is 0 Å². The fourth-order valence-corrected chi connectivity index (χ4v) is 2.53. The fraction of sp³-hybridized carbons (Fsp3) is 0.533. The van der Waals surface area contributed by atoms with Gasteiger partial charge in [0.2, 0.25) is 0 Å². The van der Waals surface area contributed by atoms with E-state index in [1.54, 1.807) is 0 Å². The first kappa shape index (κ1) is 15.7. The summed E-state index contributed by atoms with van der Waals surface area (Å²) in [4.78, 5) is 10.8. The summed E-state index contributed by atoms with van der Waals surface area (Å²) >= 11 is 0. The van der Waals surface area contributed by atoms with Gasteiger partial charge in [-0.1, -0.05) is 12.8 Å². The molecule has 0 unspecified atom stereocenters. The number of ether oxygens (including phenoxy) is 1. The van der Waals surface area contributed by atoms with Gasteiger partial charge in [0.1, 0.15) is 5.75 Å². The van der Waals surface area contributed by atoms with Gasteiger partial charge in [-0.15, -0.1) is 0 Å². The van der Waals surface area contributed by atoms with Crippen LogP contribution in [0.3, 0.4) is 0 Å². The third kappa shape index (κ3) is 4.12. The molecule has 0 spiro atoms. The van der Waals surface area contributed by atoms with Crippen LogP contribution in [0.25, 0.3) is 0 Å². The summed E-state index contributed by atoms with van der Waals surface area (Å²) in [5.41, 5.74) is -1.41. The summed E-state index contributed by atoms with van der Waals surface area (Å²) in [5.74, 6) is -1.67. The Hall–Kier alpha value is -1.72. The molecule has 1 fully saturated rings. The van der Waals surface area contributed by atoms with E-state index in [9.17, 15) is 18.0 Å². The Morgan fingerprint density at radius 3 is 2.29 bits per heavy atom. The molecule has 1 aromatic rings. The number of rotatable bonds is 3. The number of carboxylic acid groups (broad SMARTS) is 1. The van der Waals surface area contributed by atoms with E-state index in [0.717, 1.165) is 50.7 Å². The van der Waals surface area contributed by atoms with Crippen LogP contribution >= 0.6 is 0 Å². The van der Waals surface area contributed by atoms with Crippen LogP contribution in [0.5, 0.6) is 5.75 Å². The summed E-state index contributed by atoms with van der Waals surface area (Å²) in [6.45, 7) is 0. The van der Waals surface area contributed by atoms with Crippen LogP contribution in [-0.4, -0.2) is 17.2 Å². The zero-order valence-electron chi connectivity index (χ0n) is 11.4. The third-order valence-corrected chi connectivity index (χ3v) is 3.63. The maximum absolute atomic E-state index is 13.1. The molecule has 1 aliphatic rings. The molecule has 1 N–H and O–H groups in total. The molecular formula is C15H17F3O3. The first-order chi connectivity index (χ1) is 9.88. The zero-order valence-corrected chi connectivity index (χ0v) is 11.4. The molecule has 0 saturated heterocycles. The van der Waals surface area contributed by atoms with E-state index >= 15 is 0 Å². The summed E-state index contributed by atoms with van der Waals surface area (Å²) < 4.78 is 44.7. The van der Waals surface area contributed by atoms with Crippen molar-refractivity contribution in [1.29, 1.82) is 0 Å². The van der Waals surface area contributed by atoms with Crippen LogP contribution in [0.1, 0.15) is 54.4 Å². The van der Waals surface area contributed by atoms with Gasteiger partial charge in [0.05, 0.1) is 17.2 Å². The molecule has 0 aliphatic heterocycles. The van der Waals surface area contributed by atoms with Gasteiger partial charge in [-0.3, -0.25) is 0 Å². The molecule has 0 aromatic heterocycles. The lowest BCUT2D eigenvalue weighted by Crippen LogP contribution is -2.18. The number of carboxylic acids is 1. The highest BCUT2D eigenvalue weighted by atomic mass is 19.4. The average Bonchev–Trinajstić information content (AvgIpc) is 2.66. The van der Waals surface area contributed by atoms with Gasteiger partial charge in [-0.05, 0) is 43.9 Å². The lowest BCUT2D eigenvalue weighted by molar-refractivity contribution is -0.139. The van der Waals surface area contributed by atoms with Gasteiger partial charge >= 0.3 is 12.1 Å². The molecule has 0 amide bonds. The Morgan fingerprint density at radius 1 is 1.14 bits per heavy atom. The van der Waals surface area contributed by atoms with Crippen molar-refractivity contribution in [1.82, 2.24) is 0 Å². The smallest absolute Gasteiger partial charge is 0.419 e. The van der Waals surface area contributed by atoms with E-state index in [1.807, 2.05) is 0 Å². The SMILES string of the molecule is O=C(O)c1ccc(OC2CCCCCC2)c(C(F)(F)F)c1. The molecule has 0 bridgehead atoms. The van der Waals surface area contributed by atoms with Gasteiger partial charge in [-0.25, -0.2) is 4.79 Å². The molecule has 2 rings (SSSR count). The number of benzene rings is 1. The normalized spacial score (nSPS) is 17.3. The number of alkyl halides is 3. The highest BCUT2D eigenvalue weighted by molar-refractivity contribution is 5.88. The first-order valence-corrected chi connectivity index (χ1v) is 6.99. The molecule has 1 aromatic carbocycles. The van der Waals surface area contributed by atoms with E-state index in [0.29, 0.717) is 6.07 Å². The second-order valence-electron chi connectivity index (χ2n) is 5.25. The van der Waals surface area contributed by atoms with Gasteiger partial charge in [-0.2, -0.15) is 13.2 Å². The van der Waals surface area contributed by atoms with Crippen molar-refractivity contribution < 1.29 is 27.8 Å². The largest absolute Gasteiger partial charge is 0.490 e. The second kappa shape index (κ2) is 6.37. The van der Waals surface area contributed by atoms with Crippen molar-refractivity contribution in [2.75, 3.05) is 0 Å². The van der Waals surface area contributed by atoms with Crippen LogP contribution in [0, 0.1) is 0 Å². The van der Waals surface area contributed by atoms with E-state index in [2.05, 4.69) is 0 Å². The quantitative estimate of drug-likeness (QED) is 0.836. The molecule has 6 heteroatoms. The number of hydrogen-bond donors (Lipinski definition) is 1. The molecule has 21 heavy (non-hydrogen) atoms. The van der Waals surface area contributed by atoms with E-state index < -0.39 is 23.3 Å². The molecule has 116 valence electrons. The highest BCUT2D eigenvalue weighted by Gasteiger charge is 2.35. The minimum Gasteiger partial charge on any atom is -0.490 e. The number of aromatic carboxylic acids is 1. The Labute approximate surface area is 120 Å². The van der Waals surface area contributed by atoms with Crippen LogP contribution < -0.4 is 4.74 Å². The topological polar surface area (TPSA) is 46.5 Å². The molecule has 0 radical (unpaired) electrons. The van der Waals surface area contributed by atoms with Gasteiger partial charge in [0.25, 0.3) is 0 Å². The van der Waals surface area contributed by atoms with Crippen molar-refractivity contribution in [2.45, 2.75) is 50.8 Å². The van der Waals surface area contributed by atoms with Crippen molar-refractivity contribution in [3.8, 4) is 5.75 Å². The van der Waals surface area contributed by atoms with Gasteiger partial charge in [0.15, 0.2) is 0 Å². The van der Waals surface area contributed by atoms with Crippen molar-refractivity contribution >= 4 is 5.97 Å². The predicted octanol–water partition coefficient (Wildman–Crippen LogP) is 4.51. The monoisotopic (exact) mass is 302 g/mol.